The lowest BCUT2D eigenvalue weighted by atomic mass is 9.89. The Morgan fingerprint density at radius 3 is 2.52 bits per heavy atom. The summed E-state index contributed by atoms with van der Waals surface area (Å²) in [6.07, 6.45) is 3.73. The van der Waals surface area contributed by atoms with E-state index in [1.54, 1.807) is 12.1 Å². The van der Waals surface area contributed by atoms with E-state index >= 15 is 0 Å². The first kappa shape index (κ1) is 19.3. The normalized spacial score (nSPS) is 14.9. The van der Waals surface area contributed by atoms with E-state index in [1.807, 2.05) is 11.0 Å². The molecular formula is C23H24FN3O2. The van der Waals surface area contributed by atoms with Crippen LogP contribution in [-0.2, 0) is 11.2 Å². The van der Waals surface area contributed by atoms with Crippen molar-refractivity contribution < 1.29 is 13.7 Å². The molecule has 6 heteroatoms. The lowest BCUT2D eigenvalue weighted by Gasteiger charge is -2.32. The summed E-state index contributed by atoms with van der Waals surface area (Å²) in [7, 11) is 0. The average Bonchev–Trinajstić information content (AvgIpc) is 3.24. The highest BCUT2D eigenvalue weighted by atomic mass is 19.1. The fourth-order valence-electron chi connectivity index (χ4n) is 3.81. The van der Waals surface area contributed by atoms with Gasteiger partial charge in [0, 0.05) is 31.5 Å². The van der Waals surface area contributed by atoms with Gasteiger partial charge in [-0.2, -0.15) is 4.98 Å². The SMILES string of the molecule is O=C(CCCc1nc(-c2ccc(F)cc2)no1)N1CCC(c2ccccc2)CC1. The molecule has 2 heterocycles. The van der Waals surface area contributed by atoms with E-state index in [0.29, 0.717) is 42.5 Å². The molecule has 5 nitrogen and oxygen atoms in total. The second kappa shape index (κ2) is 8.99. The maximum absolute atomic E-state index is 13.0. The molecule has 4 rings (SSSR count). The number of halogens is 1. The Labute approximate surface area is 169 Å². The highest BCUT2D eigenvalue weighted by Crippen LogP contribution is 2.28. The summed E-state index contributed by atoms with van der Waals surface area (Å²) >= 11 is 0. The van der Waals surface area contributed by atoms with Crippen molar-refractivity contribution in [3.63, 3.8) is 0 Å². The minimum atomic E-state index is -0.302. The summed E-state index contributed by atoms with van der Waals surface area (Å²) in [6, 6.07) is 16.5. The number of aryl methyl sites for hydroxylation is 1. The predicted molar refractivity (Wildman–Crippen MR) is 108 cm³/mol. The summed E-state index contributed by atoms with van der Waals surface area (Å²) in [5, 5.41) is 3.94. The van der Waals surface area contributed by atoms with Gasteiger partial charge in [0.05, 0.1) is 0 Å². The van der Waals surface area contributed by atoms with Crippen LogP contribution >= 0.6 is 0 Å². The average molecular weight is 393 g/mol. The minimum Gasteiger partial charge on any atom is -0.343 e. The smallest absolute Gasteiger partial charge is 0.226 e. The van der Waals surface area contributed by atoms with Gasteiger partial charge in [-0.25, -0.2) is 4.39 Å². The second-order valence-electron chi connectivity index (χ2n) is 7.44. The third kappa shape index (κ3) is 4.88. The van der Waals surface area contributed by atoms with E-state index in [4.69, 9.17) is 4.52 Å². The van der Waals surface area contributed by atoms with E-state index in [2.05, 4.69) is 34.4 Å². The van der Waals surface area contributed by atoms with Gasteiger partial charge < -0.3 is 9.42 Å². The van der Waals surface area contributed by atoms with Crippen LogP contribution in [0.1, 0.15) is 43.1 Å². The third-order valence-corrected chi connectivity index (χ3v) is 5.47. The maximum Gasteiger partial charge on any atom is 0.226 e. The Hall–Kier alpha value is -3.02. The van der Waals surface area contributed by atoms with Crippen molar-refractivity contribution in [2.75, 3.05) is 13.1 Å². The first-order valence-corrected chi connectivity index (χ1v) is 10.1. The molecule has 1 aliphatic heterocycles. The zero-order valence-corrected chi connectivity index (χ0v) is 16.3. The van der Waals surface area contributed by atoms with E-state index in [0.717, 1.165) is 25.9 Å². The molecule has 1 aliphatic rings. The molecule has 0 bridgehead atoms. The molecule has 0 spiro atoms. The molecule has 1 saturated heterocycles. The van der Waals surface area contributed by atoms with Gasteiger partial charge in [-0.1, -0.05) is 35.5 Å². The number of amides is 1. The van der Waals surface area contributed by atoms with Crippen molar-refractivity contribution in [2.24, 2.45) is 0 Å². The lowest BCUT2D eigenvalue weighted by molar-refractivity contribution is -0.132. The van der Waals surface area contributed by atoms with Crippen molar-refractivity contribution in [1.82, 2.24) is 15.0 Å². The number of likely N-dealkylation sites (tertiary alicyclic amines) is 1. The number of hydrogen-bond acceptors (Lipinski definition) is 4. The minimum absolute atomic E-state index is 0.190. The van der Waals surface area contributed by atoms with E-state index in [-0.39, 0.29) is 11.7 Å². The molecule has 0 aliphatic carbocycles. The highest BCUT2D eigenvalue weighted by Gasteiger charge is 2.23. The van der Waals surface area contributed by atoms with Crippen molar-refractivity contribution in [2.45, 2.75) is 38.0 Å². The van der Waals surface area contributed by atoms with Gasteiger partial charge in [-0.3, -0.25) is 4.79 Å². The van der Waals surface area contributed by atoms with Crippen molar-refractivity contribution in [3.05, 3.63) is 71.9 Å². The fraction of sp³-hybridized carbons (Fsp3) is 0.348. The van der Waals surface area contributed by atoms with Crippen LogP contribution in [0.5, 0.6) is 0 Å². The van der Waals surface area contributed by atoms with Crippen molar-refractivity contribution in [1.29, 1.82) is 0 Å². The first-order valence-electron chi connectivity index (χ1n) is 10.1. The summed E-state index contributed by atoms with van der Waals surface area (Å²) in [6.45, 7) is 1.63. The Kier molecular flexibility index (Phi) is 5.98. The first-order chi connectivity index (χ1) is 14.2. The standard InChI is InChI=1S/C23H24FN3O2/c24-20-11-9-19(10-12-20)23-25-21(29-26-23)7-4-8-22(28)27-15-13-18(14-16-27)17-5-2-1-3-6-17/h1-3,5-6,9-12,18H,4,7-8,13-16H2. The number of aromatic nitrogens is 2. The molecule has 1 aromatic heterocycles. The predicted octanol–water partition coefficient (Wildman–Crippen LogP) is 4.60. The number of rotatable bonds is 6. The van der Waals surface area contributed by atoms with Crippen LogP contribution in [-0.4, -0.2) is 34.0 Å². The van der Waals surface area contributed by atoms with Gasteiger partial charge in [-0.15, -0.1) is 0 Å². The Morgan fingerprint density at radius 1 is 1.07 bits per heavy atom. The lowest BCUT2D eigenvalue weighted by Crippen LogP contribution is -2.37. The Bertz CT molecular complexity index is 932. The fourth-order valence-corrected chi connectivity index (χ4v) is 3.81. The molecule has 0 radical (unpaired) electrons. The molecule has 1 fully saturated rings. The summed E-state index contributed by atoms with van der Waals surface area (Å²) in [4.78, 5) is 18.8. The molecular weight excluding hydrogens is 369 g/mol. The number of hydrogen-bond donors (Lipinski definition) is 0. The quantitative estimate of drug-likeness (QED) is 0.614. The monoisotopic (exact) mass is 393 g/mol. The highest BCUT2D eigenvalue weighted by molar-refractivity contribution is 5.76. The van der Waals surface area contributed by atoms with Crippen LogP contribution < -0.4 is 0 Å². The number of carbonyl (C=O) groups excluding carboxylic acids is 1. The summed E-state index contributed by atoms with van der Waals surface area (Å²) in [5.74, 6) is 1.37. The van der Waals surface area contributed by atoms with Gasteiger partial charge in [0.2, 0.25) is 17.6 Å². The topological polar surface area (TPSA) is 59.2 Å². The molecule has 0 unspecified atom stereocenters. The molecule has 2 aromatic carbocycles. The van der Waals surface area contributed by atoms with E-state index < -0.39 is 0 Å². The number of nitrogens with zero attached hydrogens (tertiary/aromatic N) is 3. The van der Waals surface area contributed by atoms with Crippen LogP contribution in [0.25, 0.3) is 11.4 Å². The second-order valence-corrected chi connectivity index (χ2v) is 7.44. The molecule has 150 valence electrons. The van der Waals surface area contributed by atoms with Gasteiger partial charge >= 0.3 is 0 Å². The van der Waals surface area contributed by atoms with Crippen molar-refractivity contribution >= 4 is 5.91 Å². The van der Waals surface area contributed by atoms with Crippen LogP contribution in [0.15, 0.2) is 59.1 Å². The molecule has 29 heavy (non-hydrogen) atoms. The van der Waals surface area contributed by atoms with Crippen LogP contribution in [0, 0.1) is 5.82 Å². The van der Waals surface area contributed by atoms with Crippen LogP contribution in [0.4, 0.5) is 4.39 Å². The zero-order valence-electron chi connectivity index (χ0n) is 16.3. The summed E-state index contributed by atoms with van der Waals surface area (Å²) in [5.41, 5.74) is 2.08. The molecule has 1 amide bonds. The maximum atomic E-state index is 13.0. The zero-order chi connectivity index (χ0) is 20.1. The van der Waals surface area contributed by atoms with E-state index in [1.165, 1.54) is 17.7 Å². The number of piperidine rings is 1. The summed E-state index contributed by atoms with van der Waals surface area (Å²) < 4.78 is 18.3. The molecule has 0 saturated carbocycles. The largest absolute Gasteiger partial charge is 0.343 e. The molecule has 0 N–H and O–H groups in total. The van der Waals surface area contributed by atoms with Gasteiger partial charge in [0.25, 0.3) is 0 Å². The third-order valence-electron chi connectivity index (χ3n) is 5.47. The number of carbonyl (C=O) groups is 1. The van der Waals surface area contributed by atoms with Crippen molar-refractivity contribution in [3.8, 4) is 11.4 Å². The van der Waals surface area contributed by atoms with Gasteiger partial charge in [0.1, 0.15) is 5.82 Å². The van der Waals surface area contributed by atoms with Crippen LogP contribution in [0.2, 0.25) is 0 Å². The van der Waals surface area contributed by atoms with Crippen LogP contribution in [0.3, 0.4) is 0 Å². The number of benzene rings is 2. The van der Waals surface area contributed by atoms with Gasteiger partial charge in [0.15, 0.2) is 0 Å². The molecule has 3 aromatic rings. The Balaban J connectivity index is 1.22. The van der Waals surface area contributed by atoms with E-state index in [9.17, 15) is 9.18 Å². The Morgan fingerprint density at radius 2 is 1.79 bits per heavy atom. The molecule has 0 atom stereocenters. The van der Waals surface area contributed by atoms with Gasteiger partial charge in [-0.05, 0) is 55.0 Å².